The van der Waals surface area contributed by atoms with Crippen LogP contribution in [0.25, 0.3) is 10.9 Å². The average molecular weight is 543 g/mol. The summed E-state index contributed by atoms with van der Waals surface area (Å²) in [5, 5.41) is 0.802. The molecule has 1 aliphatic heterocycles. The fourth-order valence-electron chi connectivity index (χ4n) is 5.37. The first kappa shape index (κ1) is 26.7. The van der Waals surface area contributed by atoms with Gasteiger partial charge in [0.05, 0.1) is 22.2 Å². The number of benzene rings is 3. The van der Waals surface area contributed by atoms with Gasteiger partial charge in [-0.05, 0) is 30.2 Å². The topological polar surface area (TPSA) is 76.7 Å². The number of Topliss-reactive ketones (excluding diaryl/α,β-unsaturated/α-hetero) is 1. The molecule has 0 radical (unpaired) electrons. The lowest BCUT2D eigenvalue weighted by molar-refractivity contribution is -0.124. The third kappa shape index (κ3) is 5.20. The van der Waals surface area contributed by atoms with Crippen molar-refractivity contribution in [3.05, 3.63) is 106 Å². The van der Waals surface area contributed by atoms with Crippen LogP contribution in [0.4, 0.5) is 0 Å². The predicted octanol–water partition coefficient (Wildman–Crippen LogP) is 5.03. The number of aromatic amines is 1. The smallest absolute Gasteiger partial charge is 0.294 e. The van der Waals surface area contributed by atoms with Crippen molar-refractivity contribution in [1.29, 1.82) is 0 Å². The third-order valence-corrected chi connectivity index (χ3v) is 7.67. The molecular weight excluding hydrogens is 512 g/mol. The summed E-state index contributed by atoms with van der Waals surface area (Å²) >= 11 is 6.57. The van der Waals surface area contributed by atoms with Crippen LogP contribution in [0.15, 0.2) is 79.0 Å². The maximum Gasteiger partial charge on any atom is 0.294 e. The number of amides is 2. The van der Waals surface area contributed by atoms with Crippen LogP contribution in [0.5, 0.6) is 0 Å². The SMILES string of the molecule is C[C@@H]1CN(C(c2ccccc2)c2ccccc2)CCN1C(=O)c1cc2c(C(=O)C(=O)N(C)C)c[nH]c2cc1Cl. The van der Waals surface area contributed by atoms with E-state index in [1.165, 1.54) is 36.3 Å². The first-order chi connectivity index (χ1) is 18.8. The van der Waals surface area contributed by atoms with E-state index in [4.69, 9.17) is 11.6 Å². The highest BCUT2D eigenvalue weighted by Crippen LogP contribution is 2.32. The molecule has 2 amide bonds. The van der Waals surface area contributed by atoms with Crippen molar-refractivity contribution in [3.8, 4) is 0 Å². The maximum atomic E-state index is 13.8. The number of halogens is 1. The Bertz CT molecular complexity index is 1480. The number of piperazine rings is 1. The molecule has 0 unspecified atom stereocenters. The lowest BCUT2D eigenvalue weighted by Gasteiger charge is -2.43. The van der Waals surface area contributed by atoms with Gasteiger partial charge in [0.15, 0.2) is 0 Å². The van der Waals surface area contributed by atoms with Crippen LogP contribution in [0.1, 0.15) is 44.8 Å². The van der Waals surface area contributed by atoms with Gasteiger partial charge in [-0.2, -0.15) is 0 Å². The summed E-state index contributed by atoms with van der Waals surface area (Å²) in [4.78, 5) is 47.4. The molecule has 5 rings (SSSR count). The quantitative estimate of drug-likeness (QED) is 0.274. The monoisotopic (exact) mass is 542 g/mol. The number of likely N-dealkylation sites (N-methyl/N-ethyl adjacent to an activating group) is 1. The van der Waals surface area contributed by atoms with Gasteiger partial charge in [0.2, 0.25) is 0 Å². The number of H-pyrrole nitrogens is 1. The normalized spacial score (nSPS) is 16.0. The minimum absolute atomic E-state index is 0.0735. The van der Waals surface area contributed by atoms with E-state index in [2.05, 4.69) is 58.4 Å². The van der Waals surface area contributed by atoms with E-state index in [-0.39, 0.29) is 23.6 Å². The van der Waals surface area contributed by atoms with E-state index in [1.807, 2.05) is 24.0 Å². The van der Waals surface area contributed by atoms with Crippen LogP contribution < -0.4 is 0 Å². The minimum Gasteiger partial charge on any atom is -0.360 e. The fraction of sp³-hybridized carbons (Fsp3) is 0.258. The maximum absolute atomic E-state index is 13.8. The first-order valence-electron chi connectivity index (χ1n) is 13.0. The number of carbonyl (C=O) groups is 3. The van der Waals surface area contributed by atoms with Crippen LogP contribution in [0.2, 0.25) is 5.02 Å². The van der Waals surface area contributed by atoms with Gasteiger partial charge in [0.25, 0.3) is 17.6 Å². The van der Waals surface area contributed by atoms with Crippen molar-refractivity contribution >= 4 is 40.1 Å². The van der Waals surface area contributed by atoms with Gasteiger partial charge in [-0.3, -0.25) is 19.3 Å². The molecule has 0 aliphatic carbocycles. The van der Waals surface area contributed by atoms with Gasteiger partial charge >= 0.3 is 0 Å². The van der Waals surface area contributed by atoms with Crippen molar-refractivity contribution in [3.63, 3.8) is 0 Å². The molecule has 3 aromatic carbocycles. The van der Waals surface area contributed by atoms with E-state index < -0.39 is 11.7 Å². The van der Waals surface area contributed by atoms with Crippen LogP contribution in [-0.2, 0) is 4.79 Å². The van der Waals surface area contributed by atoms with Crippen LogP contribution in [-0.4, -0.2) is 77.1 Å². The molecule has 1 fully saturated rings. The summed E-state index contributed by atoms with van der Waals surface area (Å²) in [5.74, 6) is -1.46. The van der Waals surface area contributed by atoms with Crippen molar-refractivity contribution in [2.24, 2.45) is 0 Å². The van der Waals surface area contributed by atoms with E-state index in [0.717, 1.165) is 0 Å². The third-order valence-electron chi connectivity index (χ3n) is 7.36. The van der Waals surface area contributed by atoms with E-state index in [1.54, 1.807) is 12.1 Å². The number of rotatable bonds is 6. The number of aromatic nitrogens is 1. The number of ketones is 1. The molecule has 0 spiro atoms. The molecule has 1 saturated heterocycles. The summed E-state index contributed by atoms with van der Waals surface area (Å²) in [6, 6.07) is 24.1. The number of fused-ring (bicyclic) bond motifs is 1. The number of nitrogens with one attached hydrogen (secondary N) is 1. The van der Waals surface area contributed by atoms with Crippen molar-refractivity contribution < 1.29 is 14.4 Å². The molecule has 1 aromatic heterocycles. The van der Waals surface area contributed by atoms with Crippen LogP contribution in [0.3, 0.4) is 0 Å². The summed E-state index contributed by atoms with van der Waals surface area (Å²) in [5.41, 5.74) is 3.55. The van der Waals surface area contributed by atoms with Gasteiger partial charge < -0.3 is 14.8 Å². The molecule has 0 saturated carbocycles. The Morgan fingerprint density at radius 1 is 0.923 bits per heavy atom. The molecule has 2 heterocycles. The van der Waals surface area contributed by atoms with E-state index in [0.29, 0.717) is 41.1 Å². The van der Waals surface area contributed by atoms with Gasteiger partial charge in [-0.15, -0.1) is 0 Å². The molecular formula is C31H31ClN4O3. The Morgan fingerprint density at radius 3 is 2.10 bits per heavy atom. The summed E-state index contributed by atoms with van der Waals surface area (Å²) < 4.78 is 0. The Hall–Kier alpha value is -3.94. The Balaban J connectivity index is 1.41. The summed E-state index contributed by atoms with van der Waals surface area (Å²) in [6.07, 6.45) is 1.49. The van der Waals surface area contributed by atoms with Crippen molar-refractivity contribution in [1.82, 2.24) is 19.7 Å². The number of nitrogens with zero attached hydrogens (tertiary/aromatic N) is 3. The Morgan fingerprint density at radius 2 is 1.54 bits per heavy atom. The first-order valence-corrected chi connectivity index (χ1v) is 13.4. The van der Waals surface area contributed by atoms with Crippen molar-refractivity contribution in [2.45, 2.75) is 19.0 Å². The molecule has 1 aliphatic rings. The fourth-order valence-corrected chi connectivity index (χ4v) is 5.62. The predicted molar refractivity (Wildman–Crippen MR) is 153 cm³/mol. The molecule has 4 aromatic rings. The molecule has 1 N–H and O–H groups in total. The lowest BCUT2D eigenvalue weighted by atomic mass is 9.95. The zero-order valence-corrected chi connectivity index (χ0v) is 23.0. The zero-order valence-electron chi connectivity index (χ0n) is 22.2. The molecule has 200 valence electrons. The molecule has 7 nitrogen and oxygen atoms in total. The van der Waals surface area contributed by atoms with Gasteiger partial charge in [0.1, 0.15) is 0 Å². The number of hydrogen-bond donors (Lipinski definition) is 1. The highest BCUT2D eigenvalue weighted by molar-refractivity contribution is 6.45. The van der Waals surface area contributed by atoms with E-state index in [9.17, 15) is 14.4 Å². The summed E-state index contributed by atoms with van der Waals surface area (Å²) in [7, 11) is 3.06. The Labute approximate surface area is 233 Å². The lowest BCUT2D eigenvalue weighted by Crippen LogP contribution is -2.54. The average Bonchev–Trinajstić information content (AvgIpc) is 3.35. The standard InChI is InChI=1S/C31H31ClN4O3/c1-20-19-35(28(21-10-6-4-7-11-21)22-12-8-5-9-13-22)14-15-36(20)30(38)24-16-23-25(29(37)31(39)34(2)3)18-33-27(23)17-26(24)32/h4-13,16-18,20,28,33H,14-15,19H2,1-3H3/t20-/m1/s1. The zero-order chi connectivity index (χ0) is 27.7. The van der Waals surface area contributed by atoms with Crippen LogP contribution in [0, 0.1) is 0 Å². The second-order valence-electron chi connectivity index (χ2n) is 10.2. The minimum atomic E-state index is -0.637. The highest BCUT2D eigenvalue weighted by Gasteiger charge is 2.34. The summed E-state index contributed by atoms with van der Waals surface area (Å²) in [6.45, 7) is 3.95. The Kier molecular flexibility index (Phi) is 7.55. The number of carbonyl (C=O) groups excluding carboxylic acids is 3. The van der Waals surface area contributed by atoms with E-state index >= 15 is 0 Å². The van der Waals surface area contributed by atoms with Gasteiger partial charge in [-0.1, -0.05) is 72.3 Å². The number of hydrogen-bond acceptors (Lipinski definition) is 4. The molecule has 8 heteroatoms. The second kappa shape index (κ2) is 11.0. The molecule has 0 bridgehead atoms. The van der Waals surface area contributed by atoms with Gasteiger partial charge in [0, 0.05) is 56.9 Å². The van der Waals surface area contributed by atoms with Gasteiger partial charge in [-0.25, -0.2) is 0 Å². The van der Waals surface area contributed by atoms with Crippen LogP contribution >= 0.6 is 11.6 Å². The molecule has 1 atom stereocenters. The van der Waals surface area contributed by atoms with Crippen molar-refractivity contribution in [2.75, 3.05) is 33.7 Å². The largest absolute Gasteiger partial charge is 0.360 e. The second-order valence-corrected chi connectivity index (χ2v) is 10.6. The highest BCUT2D eigenvalue weighted by atomic mass is 35.5. The molecule has 39 heavy (non-hydrogen) atoms.